The van der Waals surface area contributed by atoms with E-state index < -0.39 is 11.9 Å². The largest absolute Gasteiger partial charge is 0.423 e. The zero-order valence-electron chi connectivity index (χ0n) is 15.8. The van der Waals surface area contributed by atoms with Crippen LogP contribution >= 0.6 is 11.6 Å². The Morgan fingerprint density at radius 1 is 0.967 bits per heavy atom. The maximum Gasteiger partial charge on any atom is 0.343 e. The molecule has 0 radical (unpaired) electrons. The number of hydrogen-bond acceptors (Lipinski definition) is 4. The molecule has 0 unspecified atom stereocenters. The number of rotatable bonds is 6. The van der Waals surface area contributed by atoms with E-state index in [1.54, 1.807) is 48.5 Å². The fraction of sp³-hybridized carbons (Fsp3) is 0.0417. The smallest absolute Gasteiger partial charge is 0.343 e. The molecule has 0 bridgehead atoms. The van der Waals surface area contributed by atoms with Gasteiger partial charge in [-0.1, -0.05) is 54.1 Å². The molecule has 3 rings (SSSR count). The van der Waals surface area contributed by atoms with Crippen LogP contribution in [0.1, 0.15) is 21.5 Å². The van der Waals surface area contributed by atoms with Crippen molar-refractivity contribution >= 4 is 29.6 Å². The third-order valence-corrected chi connectivity index (χ3v) is 4.39. The summed E-state index contributed by atoms with van der Waals surface area (Å²) in [4.78, 5) is 24.4. The van der Waals surface area contributed by atoms with Crippen molar-refractivity contribution in [2.45, 2.75) is 6.54 Å². The zero-order valence-corrected chi connectivity index (χ0v) is 16.6. The van der Waals surface area contributed by atoms with Crippen molar-refractivity contribution in [1.29, 1.82) is 5.26 Å². The van der Waals surface area contributed by atoms with Crippen molar-refractivity contribution < 1.29 is 14.3 Å². The molecule has 0 aliphatic carbocycles. The first kappa shape index (κ1) is 20.8. The highest BCUT2D eigenvalue weighted by Gasteiger charge is 2.10. The highest BCUT2D eigenvalue weighted by molar-refractivity contribution is 6.30. The monoisotopic (exact) mass is 416 g/mol. The molecule has 0 saturated heterocycles. The van der Waals surface area contributed by atoms with E-state index in [-0.39, 0.29) is 5.57 Å². The molecular formula is C24H17ClN2O3. The van der Waals surface area contributed by atoms with Crippen LogP contribution in [0.25, 0.3) is 6.08 Å². The molecule has 30 heavy (non-hydrogen) atoms. The number of benzene rings is 3. The summed E-state index contributed by atoms with van der Waals surface area (Å²) in [6, 6.07) is 24.2. The highest BCUT2D eigenvalue weighted by atomic mass is 35.5. The molecular weight excluding hydrogens is 400 g/mol. The van der Waals surface area contributed by atoms with Crippen LogP contribution in [0.5, 0.6) is 5.75 Å². The molecule has 0 saturated carbocycles. The van der Waals surface area contributed by atoms with Crippen LogP contribution in [-0.2, 0) is 11.3 Å². The molecule has 5 nitrogen and oxygen atoms in total. The van der Waals surface area contributed by atoms with E-state index in [4.69, 9.17) is 16.3 Å². The molecule has 0 aromatic heterocycles. The number of amides is 1. The number of nitriles is 1. The van der Waals surface area contributed by atoms with Gasteiger partial charge in [-0.25, -0.2) is 4.79 Å². The summed E-state index contributed by atoms with van der Waals surface area (Å²) in [6.45, 7) is 0.332. The van der Waals surface area contributed by atoms with Gasteiger partial charge in [0.15, 0.2) is 0 Å². The van der Waals surface area contributed by atoms with Gasteiger partial charge in [-0.05, 0) is 53.6 Å². The second kappa shape index (κ2) is 10.1. The third-order valence-electron chi connectivity index (χ3n) is 4.14. The minimum absolute atomic E-state index is 0.0168. The first-order chi connectivity index (χ1) is 14.5. The topological polar surface area (TPSA) is 79.2 Å². The fourth-order valence-corrected chi connectivity index (χ4v) is 2.70. The number of nitrogens with one attached hydrogen (secondary N) is 1. The molecule has 1 amide bonds. The van der Waals surface area contributed by atoms with Gasteiger partial charge in [0.1, 0.15) is 17.4 Å². The molecule has 0 atom stereocenters. The third kappa shape index (κ3) is 5.81. The summed E-state index contributed by atoms with van der Waals surface area (Å²) in [5.41, 5.74) is 1.93. The van der Waals surface area contributed by atoms with Gasteiger partial charge in [-0.3, -0.25) is 4.79 Å². The van der Waals surface area contributed by atoms with Crippen LogP contribution in [0.15, 0.2) is 84.4 Å². The summed E-state index contributed by atoms with van der Waals surface area (Å²) in [5.74, 6) is -0.619. The number of esters is 1. The molecule has 6 heteroatoms. The minimum Gasteiger partial charge on any atom is -0.423 e. The van der Waals surface area contributed by atoms with Crippen molar-refractivity contribution in [2.24, 2.45) is 0 Å². The van der Waals surface area contributed by atoms with E-state index in [2.05, 4.69) is 5.32 Å². The minimum atomic E-state index is -0.507. The number of halogens is 1. The Labute approximate surface area is 179 Å². The SMILES string of the molecule is N#C/C(=C\c1ccc(OC(=O)c2ccc(Cl)cc2)cc1)C(=O)NCc1ccccc1. The molecule has 0 heterocycles. The van der Waals surface area contributed by atoms with Gasteiger partial charge in [0.25, 0.3) is 5.91 Å². The van der Waals surface area contributed by atoms with E-state index in [9.17, 15) is 14.9 Å². The summed E-state index contributed by atoms with van der Waals surface area (Å²) in [6.07, 6.45) is 1.48. The van der Waals surface area contributed by atoms with Crippen LogP contribution in [0, 0.1) is 11.3 Å². The molecule has 3 aromatic carbocycles. The lowest BCUT2D eigenvalue weighted by Crippen LogP contribution is -2.23. The maximum atomic E-state index is 12.3. The van der Waals surface area contributed by atoms with Crippen LogP contribution < -0.4 is 10.1 Å². The van der Waals surface area contributed by atoms with Gasteiger partial charge >= 0.3 is 5.97 Å². The predicted molar refractivity (Wildman–Crippen MR) is 115 cm³/mol. The van der Waals surface area contributed by atoms with Crippen LogP contribution in [-0.4, -0.2) is 11.9 Å². The normalized spacial score (nSPS) is 10.7. The van der Waals surface area contributed by atoms with Crippen LogP contribution in [0.2, 0.25) is 5.02 Å². The van der Waals surface area contributed by atoms with Gasteiger partial charge in [-0.15, -0.1) is 0 Å². The number of hydrogen-bond donors (Lipinski definition) is 1. The highest BCUT2D eigenvalue weighted by Crippen LogP contribution is 2.17. The van der Waals surface area contributed by atoms with Crippen molar-refractivity contribution in [1.82, 2.24) is 5.32 Å². The maximum absolute atomic E-state index is 12.3. The first-order valence-electron chi connectivity index (χ1n) is 9.07. The number of carbonyl (C=O) groups is 2. The van der Waals surface area contributed by atoms with Crippen LogP contribution in [0.4, 0.5) is 0 Å². The number of carbonyl (C=O) groups excluding carboxylic acids is 2. The van der Waals surface area contributed by atoms with Crippen LogP contribution in [0.3, 0.4) is 0 Å². The Hall–Kier alpha value is -3.88. The molecule has 0 fully saturated rings. The zero-order chi connectivity index (χ0) is 21.3. The Morgan fingerprint density at radius 2 is 1.63 bits per heavy atom. The summed E-state index contributed by atoms with van der Waals surface area (Å²) < 4.78 is 5.31. The van der Waals surface area contributed by atoms with E-state index in [1.807, 2.05) is 36.4 Å². The van der Waals surface area contributed by atoms with Crippen molar-refractivity contribution in [3.8, 4) is 11.8 Å². The molecule has 148 valence electrons. The lowest BCUT2D eigenvalue weighted by molar-refractivity contribution is -0.117. The molecule has 0 aliphatic heterocycles. The number of ether oxygens (including phenoxy) is 1. The molecule has 3 aromatic rings. The van der Waals surface area contributed by atoms with E-state index in [0.717, 1.165) is 5.56 Å². The summed E-state index contributed by atoms with van der Waals surface area (Å²) in [7, 11) is 0. The van der Waals surface area contributed by atoms with E-state index >= 15 is 0 Å². The Morgan fingerprint density at radius 3 is 2.27 bits per heavy atom. The van der Waals surface area contributed by atoms with Crippen molar-refractivity contribution in [3.05, 3.63) is 106 Å². The quantitative estimate of drug-likeness (QED) is 0.271. The Balaban J connectivity index is 1.63. The van der Waals surface area contributed by atoms with E-state index in [0.29, 0.717) is 28.4 Å². The van der Waals surface area contributed by atoms with Gasteiger partial charge in [0.2, 0.25) is 0 Å². The molecule has 1 N–H and O–H groups in total. The predicted octanol–water partition coefficient (Wildman–Crippen LogP) is 4.78. The standard InChI is InChI=1S/C24H17ClN2O3/c25-21-10-8-19(9-11-21)24(29)30-22-12-6-17(7-13-22)14-20(15-26)23(28)27-16-18-4-2-1-3-5-18/h1-14H,16H2,(H,27,28)/b20-14+. The lowest BCUT2D eigenvalue weighted by Gasteiger charge is -2.06. The molecule has 0 spiro atoms. The second-order valence-electron chi connectivity index (χ2n) is 6.30. The average Bonchev–Trinajstić information content (AvgIpc) is 2.78. The van der Waals surface area contributed by atoms with Gasteiger partial charge in [-0.2, -0.15) is 5.26 Å². The second-order valence-corrected chi connectivity index (χ2v) is 6.74. The fourth-order valence-electron chi connectivity index (χ4n) is 2.57. The summed E-state index contributed by atoms with van der Waals surface area (Å²) in [5, 5.41) is 12.6. The Bertz CT molecular complexity index is 1100. The number of nitrogens with zero attached hydrogens (tertiary/aromatic N) is 1. The van der Waals surface area contributed by atoms with Crippen molar-refractivity contribution in [2.75, 3.05) is 0 Å². The first-order valence-corrected chi connectivity index (χ1v) is 9.44. The lowest BCUT2D eigenvalue weighted by atomic mass is 10.1. The van der Waals surface area contributed by atoms with E-state index in [1.165, 1.54) is 6.08 Å². The van der Waals surface area contributed by atoms with Gasteiger partial charge in [0.05, 0.1) is 5.56 Å². The summed E-state index contributed by atoms with van der Waals surface area (Å²) >= 11 is 5.81. The average molecular weight is 417 g/mol. The van der Waals surface area contributed by atoms with Gasteiger partial charge in [0, 0.05) is 11.6 Å². The molecule has 0 aliphatic rings. The van der Waals surface area contributed by atoms with Gasteiger partial charge < -0.3 is 10.1 Å². The Kier molecular flexibility index (Phi) is 6.99. The van der Waals surface area contributed by atoms with Crippen molar-refractivity contribution in [3.63, 3.8) is 0 Å².